The molecule has 0 heterocycles. The molecule has 0 amide bonds. The molecule has 21 heavy (non-hydrogen) atoms. The van der Waals surface area contributed by atoms with E-state index in [4.69, 9.17) is 0 Å². The standard InChI is InChI=1S/C21H40/c1-14(2)17-7-9-18(10-8-17)21-12-19(15(3)4)11-20(13-21)16(5)6/h14-21H,7-13H2,1-6H3. The normalized spacial score (nSPS) is 38.4. The molecule has 0 radical (unpaired) electrons. The molecule has 2 aliphatic carbocycles. The van der Waals surface area contributed by atoms with Crippen LogP contribution < -0.4 is 0 Å². The van der Waals surface area contributed by atoms with Crippen LogP contribution in [0.25, 0.3) is 0 Å². The molecule has 0 heteroatoms. The van der Waals surface area contributed by atoms with Crippen LogP contribution in [0.4, 0.5) is 0 Å². The van der Waals surface area contributed by atoms with Crippen molar-refractivity contribution < 1.29 is 0 Å². The molecular weight excluding hydrogens is 252 g/mol. The summed E-state index contributed by atoms with van der Waals surface area (Å²) in [6.45, 7) is 14.7. The second-order valence-electron chi connectivity index (χ2n) is 9.39. The summed E-state index contributed by atoms with van der Waals surface area (Å²) in [4.78, 5) is 0. The van der Waals surface area contributed by atoms with Gasteiger partial charge in [0.15, 0.2) is 0 Å². The zero-order valence-electron chi connectivity index (χ0n) is 15.6. The Kier molecular flexibility index (Phi) is 6.21. The summed E-state index contributed by atoms with van der Waals surface area (Å²) in [5, 5.41) is 0. The molecule has 0 aromatic rings. The minimum Gasteiger partial charge on any atom is -0.0625 e. The number of hydrogen-bond acceptors (Lipinski definition) is 0. The van der Waals surface area contributed by atoms with Gasteiger partial charge in [-0.2, -0.15) is 0 Å². The van der Waals surface area contributed by atoms with Gasteiger partial charge in [-0.05, 0) is 92.3 Å². The van der Waals surface area contributed by atoms with Gasteiger partial charge in [0.2, 0.25) is 0 Å². The number of hydrogen-bond donors (Lipinski definition) is 0. The highest BCUT2D eigenvalue weighted by molar-refractivity contribution is 4.87. The Morgan fingerprint density at radius 2 is 0.905 bits per heavy atom. The van der Waals surface area contributed by atoms with E-state index >= 15 is 0 Å². The molecule has 0 saturated heterocycles. The van der Waals surface area contributed by atoms with Crippen LogP contribution in [0.3, 0.4) is 0 Å². The first-order chi connectivity index (χ1) is 9.88. The van der Waals surface area contributed by atoms with E-state index in [1.807, 2.05) is 0 Å². The van der Waals surface area contributed by atoms with Gasteiger partial charge >= 0.3 is 0 Å². The second-order valence-corrected chi connectivity index (χ2v) is 9.39. The topological polar surface area (TPSA) is 0 Å². The van der Waals surface area contributed by atoms with E-state index in [9.17, 15) is 0 Å². The maximum Gasteiger partial charge on any atom is -0.0380 e. The predicted octanol–water partition coefficient (Wildman–Crippen LogP) is 6.79. The largest absolute Gasteiger partial charge is 0.0625 e. The van der Waals surface area contributed by atoms with Crippen molar-refractivity contribution in [3.05, 3.63) is 0 Å². The van der Waals surface area contributed by atoms with Gasteiger partial charge in [0, 0.05) is 0 Å². The molecule has 0 nitrogen and oxygen atoms in total. The van der Waals surface area contributed by atoms with Crippen molar-refractivity contribution in [2.24, 2.45) is 47.3 Å². The lowest BCUT2D eigenvalue weighted by Gasteiger charge is -2.44. The van der Waals surface area contributed by atoms with Crippen molar-refractivity contribution >= 4 is 0 Å². The molecule has 124 valence electrons. The second kappa shape index (κ2) is 7.51. The Bertz CT molecular complexity index is 277. The van der Waals surface area contributed by atoms with Crippen LogP contribution in [0.15, 0.2) is 0 Å². The lowest BCUT2D eigenvalue weighted by Crippen LogP contribution is -2.34. The summed E-state index contributed by atoms with van der Waals surface area (Å²) in [5.74, 6) is 7.81. The Hall–Kier alpha value is 0. The van der Waals surface area contributed by atoms with Crippen molar-refractivity contribution in [1.29, 1.82) is 0 Å². The highest BCUT2D eigenvalue weighted by atomic mass is 14.4. The van der Waals surface area contributed by atoms with Crippen LogP contribution >= 0.6 is 0 Å². The average Bonchev–Trinajstić information content (AvgIpc) is 2.46. The van der Waals surface area contributed by atoms with Crippen LogP contribution in [0, 0.1) is 47.3 Å². The summed E-state index contributed by atoms with van der Waals surface area (Å²) in [6.07, 6.45) is 10.7. The van der Waals surface area contributed by atoms with Gasteiger partial charge in [0.25, 0.3) is 0 Å². The number of rotatable bonds is 4. The van der Waals surface area contributed by atoms with E-state index in [1.54, 1.807) is 0 Å². The quantitative estimate of drug-likeness (QED) is 0.535. The lowest BCUT2D eigenvalue weighted by atomic mass is 9.62. The highest BCUT2D eigenvalue weighted by Crippen LogP contribution is 2.47. The van der Waals surface area contributed by atoms with Crippen molar-refractivity contribution in [2.75, 3.05) is 0 Å². The van der Waals surface area contributed by atoms with E-state index in [0.29, 0.717) is 0 Å². The Morgan fingerprint density at radius 1 is 0.476 bits per heavy atom. The van der Waals surface area contributed by atoms with E-state index in [-0.39, 0.29) is 0 Å². The minimum absolute atomic E-state index is 0.890. The van der Waals surface area contributed by atoms with Crippen LogP contribution in [-0.4, -0.2) is 0 Å². The molecule has 2 unspecified atom stereocenters. The van der Waals surface area contributed by atoms with E-state index in [2.05, 4.69) is 41.5 Å². The zero-order chi connectivity index (χ0) is 15.6. The first-order valence-electron chi connectivity index (χ1n) is 9.88. The Morgan fingerprint density at radius 3 is 1.29 bits per heavy atom. The summed E-state index contributed by atoms with van der Waals surface area (Å²) < 4.78 is 0. The summed E-state index contributed by atoms with van der Waals surface area (Å²) in [6, 6.07) is 0. The smallest absolute Gasteiger partial charge is 0.0380 e. The first kappa shape index (κ1) is 17.4. The predicted molar refractivity (Wildman–Crippen MR) is 94.3 cm³/mol. The first-order valence-corrected chi connectivity index (χ1v) is 9.88. The third-order valence-corrected chi connectivity index (χ3v) is 7.13. The van der Waals surface area contributed by atoms with Crippen molar-refractivity contribution in [3.63, 3.8) is 0 Å². The molecule has 0 N–H and O–H groups in total. The highest BCUT2D eigenvalue weighted by Gasteiger charge is 2.37. The maximum atomic E-state index is 2.46. The summed E-state index contributed by atoms with van der Waals surface area (Å²) >= 11 is 0. The van der Waals surface area contributed by atoms with E-state index in [0.717, 1.165) is 47.3 Å². The molecule has 0 spiro atoms. The molecule has 2 aliphatic rings. The fourth-order valence-electron chi connectivity index (χ4n) is 5.21. The Labute approximate surface area is 134 Å². The average molecular weight is 293 g/mol. The Balaban J connectivity index is 1.95. The van der Waals surface area contributed by atoms with Crippen molar-refractivity contribution in [1.82, 2.24) is 0 Å². The molecule has 0 aliphatic heterocycles. The fraction of sp³-hybridized carbons (Fsp3) is 1.00. The molecule has 0 aromatic carbocycles. The zero-order valence-corrected chi connectivity index (χ0v) is 15.6. The van der Waals surface area contributed by atoms with Gasteiger partial charge in [-0.25, -0.2) is 0 Å². The lowest BCUT2D eigenvalue weighted by molar-refractivity contribution is 0.0664. The van der Waals surface area contributed by atoms with Gasteiger partial charge in [-0.3, -0.25) is 0 Å². The fourth-order valence-corrected chi connectivity index (χ4v) is 5.21. The molecule has 2 atom stereocenters. The SMILES string of the molecule is CC(C)C1CCC(C2CC(C(C)C)CC(C(C)C)C2)CC1. The van der Waals surface area contributed by atoms with Gasteiger partial charge in [0.05, 0.1) is 0 Å². The van der Waals surface area contributed by atoms with Crippen molar-refractivity contribution in [2.45, 2.75) is 86.5 Å². The molecule has 2 saturated carbocycles. The summed E-state index contributed by atoms with van der Waals surface area (Å²) in [7, 11) is 0. The van der Waals surface area contributed by atoms with Crippen molar-refractivity contribution in [3.8, 4) is 0 Å². The van der Waals surface area contributed by atoms with Crippen LogP contribution in [-0.2, 0) is 0 Å². The molecule has 2 rings (SSSR count). The molecular formula is C21H40. The van der Waals surface area contributed by atoms with E-state index < -0.39 is 0 Å². The minimum atomic E-state index is 0.890. The van der Waals surface area contributed by atoms with Crippen LogP contribution in [0.5, 0.6) is 0 Å². The maximum absolute atomic E-state index is 2.46. The monoisotopic (exact) mass is 292 g/mol. The third kappa shape index (κ3) is 4.49. The van der Waals surface area contributed by atoms with Crippen LogP contribution in [0.2, 0.25) is 0 Å². The van der Waals surface area contributed by atoms with E-state index in [1.165, 1.54) is 44.9 Å². The van der Waals surface area contributed by atoms with Gasteiger partial charge < -0.3 is 0 Å². The van der Waals surface area contributed by atoms with Gasteiger partial charge in [0.1, 0.15) is 0 Å². The third-order valence-electron chi connectivity index (χ3n) is 7.13. The molecule has 0 aromatic heterocycles. The molecule has 0 bridgehead atoms. The van der Waals surface area contributed by atoms with Gasteiger partial charge in [-0.15, -0.1) is 0 Å². The molecule has 2 fully saturated rings. The van der Waals surface area contributed by atoms with Crippen LogP contribution in [0.1, 0.15) is 86.5 Å². The van der Waals surface area contributed by atoms with Gasteiger partial charge in [-0.1, -0.05) is 41.5 Å². The summed E-state index contributed by atoms with van der Waals surface area (Å²) in [5.41, 5.74) is 0.